The van der Waals surface area contributed by atoms with Crippen LogP contribution in [0.3, 0.4) is 0 Å². The van der Waals surface area contributed by atoms with E-state index in [0.717, 1.165) is 6.42 Å². The summed E-state index contributed by atoms with van der Waals surface area (Å²) in [5, 5.41) is 9.57. The van der Waals surface area contributed by atoms with Crippen molar-refractivity contribution in [3.8, 4) is 0 Å². The van der Waals surface area contributed by atoms with Gasteiger partial charge in [-0.15, -0.1) is 0 Å². The second-order valence-corrected chi connectivity index (χ2v) is 3.49. The van der Waals surface area contributed by atoms with Gasteiger partial charge < -0.3 is 5.32 Å². The van der Waals surface area contributed by atoms with E-state index in [1.165, 1.54) is 6.07 Å². The van der Waals surface area contributed by atoms with Gasteiger partial charge in [0.05, 0.1) is 0 Å². The van der Waals surface area contributed by atoms with Crippen molar-refractivity contribution in [3.05, 3.63) is 29.7 Å². The van der Waals surface area contributed by atoms with E-state index in [1.54, 1.807) is 12.1 Å². The first-order valence-corrected chi connectivity index (χ1v) is 5.14. The molecule has 2 rings (SSSR count). The maximum Gasteiger partial charge on any atom is 0.269 e. The first kappa shape index (κ1) is 10.6. The SMILES string of the molecule is CCCNC(=O)c1[nH]nc2c(F)cccc12. The Morgan fingerprint density at radius 3 is 3.12 bits per heavy atom. The molecule has 0 spiro atoms. The fraction of sp³-hybridized carbons (Fsp3) is 0.273. The number of hydrogen-bond donors (Lipinski definition) is 2. The highest BCUT2D eigenvalue weighted by atomic mass is 19.1. The minimum atomic E-state index is -0.428. The smallest absolute Gasteiger partial charge is 0.269 e. The monoisotopic (exact) mass is 221 g/mol. The Morgan fingerprint density at radius 2 is 2.38 bits per heavy atom. The number of benzene rings is 1. The number of carbonyl (C=O) groups excluding carboxylic acids is 1. The summed E-state index contributed by atoms with van der Waals surface area (Å²) in [7, 11) is 0. The van der Waals surface area contributed by atoms with Gasteiger partial charge in [0.25, 0.3) is 5.91 Å². The Kier molecular flexibility index (Phi) is 2.85. The zero-order chi connectivity index (χ0) is 11.5. The van der Waals surface area contributed by atoms with Crippen LogP contribution in [0.4, 0.5) is 4.39 Å². The van der Waals surface area contributed by atoms with Gasteiger partial charge in [-0.05, 0) is 12.5 Å². The summed E-state index contributed by atoms with van der Waals surface area (Å²) in [6, 6.07) is 4.55. The molecule has 1 amide bonds. The Morgan fingerprint density at radius 1 is 1.56 bits per heavy atom. The van der Waals surface area contributed by atoms with Crippen LogP contribution >= 0.6 is 0 Å². The number of amides is 1. The lowest BCUT2D eigenvalue weighted by molar-refractivity contribution is 0.0950. The number of para-hydroxylation sites is 1. The molecule has 0 radical (unpaired) electrons. The minimum Gasteiger partial charge on any atom is -0.351 e. The van der Waals surface area contributed by atoms with Gasteiger partial charge in [0.1, 0.15) is 11.2 Å². The molecule has 0 bridgehead atoms. The number of H-pyrrole nitrogens is 1. The second kappa shape index (κ2) is 4.30. The first-order valence-electron chi connectivity index (χ1n) is 5.14. The Balaban J connectivity index is 2.38. The summed E-state index contributed by atoms with van der Waals surface area (Å²) in [6.07, 6.45) is 0.853. The van der Waals surface area contributed by atoms with Gasteiger partial charge in [-0.2, -0.15) is 5.10 Å². The van der Waals surface area contributed by atoms with Crippen LogP contribution < -0.4 is 5.32 Å². The van der Waals surface area contributed by atoms with Crippen molar-refractivity contribution < 1.29 is 9.18 Å². The average molecular weight is 221 g/mol. The quantitative estimate of drug-likeness (QED) is 0.830. The van der Waals surface area contributed by atoms with Crippen molar-refractivity contribution >= 4 is 16.8 Å². The van der Waals surface area contributed by atoms with E-state index in [9.17, 15) is 9.18 Å². The van der Waals surface area contributed by atoms with Crippen LogP contribution in [0.5, 0.6) is 0 Å². The molecule has 5 heteroatoms. The van der Waals surface area contributed by atoms with Gasteiger partial charge in [0.2, 0.25) is 0 Å². The lowest BCUT2D eigenvalue weighted by Gasteiger charge is -2.00. The van der Waals surface area contributed by atoms with E-state index < -0.39 is 5.82 Å². The van der Waals surface area contributed by atoms with Crippen LogP contribution in [0.15, 0.2) is 18.2 Å². The van der Waals surface area contributed by atoms with Gasteiger partial charge in [-0.3, -0.25) is 9.89 Å². The van der Waals surface area contributed by atoms with Gasteiger partial charge in [-0.1, -0.05) is 19.1 Å². The van der Waals surface area contributed by atoms with Gasteiger partial charge in [0, 0.05) is 11.9 Å². The number of aromatic nitrogens is 2. The molecule has 4 nitrogen and oxygen atoms in total. The molecule has 84 valence electrons. The van der Waals surface area contributed by atoms with Crippen LogP contribution in [0.25, 0.3) is 10.9 Å². The van der Waals surface area contributed by atoms with Crippen LogP contribution in [0.1, 0.15) is 23.8 Å². The molecule has 0 aliphatic heterocycles. The second-order valence-electron chi connectivity index (χ2n) is 3.49. The summed E-state index contributed by atoms with van der Waals surface area (Å²) in [5.41, 5.74) is 0.507. The van der Waals surface area contributed by atoms with E-state index in [-0.39, 0.29) is 11.4 Å². The normalized spacial score (nSPS) is 10.6. The lowest BCUT2D eigenvalue weighted by atomic mass is 10.2. The van der Waals surface area contributed by atoms with Gasteiger partial charge >= 0.3 is 0 Å². The number of nitrogens with one attached hydrogen (secondary N) is 2. The van der Waals surface area contributed by atoms with Crippen molar-refractivity contribution in [3.63, 3.8) is 0 Å². The highest BCUT2D eigenvalue weighted by Crippen LogP contribution is 2.18. The minimum absolute atomic E-state index is 0.198. The maximum atomic E-state index is 13.3. The zero-order valence-electron chi connectivity index (χ0n) is 8.88. The highest BCUT2D eigenvalue weighted by Gasteiger charge is 2.14. The Bertz CT molecular complexity index is 521. The van der Waals surface area contributed by atoms with Crippen molar-refractivity contribution in [1.82, 2.24) is 15.5 Å². The molecule has 0 saturated heterocycles. The standard InChI is InChI=1S/C11H12FN3O/c1-2-6-13-11(16)10-7-4-3-5-8(12)9(7)14-15-10/h3-5H,2,6H2,1H3,(H,13,16)(H,14,15). The summed E-state index contributed by atoms with van der Waals surface area (Å²) in [4.78, 5) is 11.7. The third-order valence-electron chi connectivity index (χ3n) is 2.30. The molecule has 0 aliphatic rings. The third kappa shape index (κ3) is 1.76. The summed E-state index contributed by atoms with van der Waals surface area (Å²) < 4.78 is 13.3. The molecule has 1 aromatic heterocycles. The van der Waals surface area contributed by atoms with Crippen molar-refractivity contribution in [2.45, 2.75) is 13.3 Å². The predicted molar refractivity (Wildman–Crippen MR) is 58.7 cm³/mol. The number of halogens is 1. The van der Waals surface area contributed by atoms with Crippen molar-refractivity contribution in [2.75, 3.05) is 6.54 Å². The predicted octanol–water partition coefficient (Wildman–Crippen LogP) is 1.84. The largest absolute Gasteiger partial charge is 0.351 e. The molecule has 2 N–H and O–H groups in total. The van der Waals surface area contributed by atoms with Gasteiger partial charge in [-0.25, -0.2) is 4.39 Å². The molecule has 1 aromatic carbocycles. The summed E-state index contributed by atoms with van der Waals surface area (Å²) in [5.74, 6) is -0.682. The van der Waals surface area contributed by atoms with E-state index in [0.29, 0.717) is 17.6 Å². The molecule has 0 atom stereocenters. The van der Waals surface area contributed by atoms with E-state index in [2.05, 4.69) is 15.5 Å². The number of fused-ring (bicyclic) bond motifs is 1. The van der Waals surface area contributed by atoms with Gasteiger partial charge in [0.15, 0.2) is 5.82 Å². The van der Waals surface area contributed by atoms with Crippen LogP contribution in [-0.4, -0.2) is 22.6 Å². The highest BCUT2D eigenvalue weighted by molar-refractivity contribution is 6.04. The van der Waals surface area contributed by atoms with Crippen LogP contribution in [0, 0.1) is 5.82 Å². The molecule has 16 heavy (non-hydrogen) atoms. The van der Waals surface area contributed by atoms with Crippen LogP contribution in [0.2, 0.25) is 0 Å². The third-order valence-corrected chi connectivity index (χ3v) is 2.30. The number of carbonyl (C=O) groups is 1. The first-order chi connectivity index (χ1) is 7.74. The molecule has 0 saturated carbocycles. The fourth-order valence-corrected chi connectivity index (χ4v) is 1.50. The number of hydrogen-bond acceptors (Lipinski definition) is 2. The molecular weight excluding hydrogens is 209 g/mol. The van der Waals surface area contributed by atoms with Crippen molar-refractivity contribution in [2.24, 2.45) is 0 Å². The van der Waals surface area contributed by atoms with Crippen molar-refractivity contribution in [1.29, 1.82) is 0 Å². The fourth-order valence-electron chi connectivity index (χ4n) is 1.50. The Labute approximate surface area is 91.8 Å². The van der Waals surface area contributed by atoms with E-state index >= 15 is 0 Å². The molecule has 0 unspecified atom stereocenters. The molecule has 2 aromatic rings. The molecule has 0 fully saturated rings. The molecule has 0 aliphatic carbocycles. The summed E-state index contributed by atoms with van der Waals surface area (Å²) >= 11 is 0. The lowest BCUT2D eigenvalue weighted by Crippen LogP contribution is -2.24. The number of rotatable bonds is 3. The number of aromatic amines is 1. The van der Waals surface area contributed by atoms with E-state index in [1.807, 2.05) is 6.92 Å². The maximum absolute atomic E-state index is 13.3. The summed E-state index contributed by atoms with van der Waals surface area (Å²) in [6.45, 7) is 2.56. The average Bonchev–Trinajstić information content (AvgIpc) is 2.71. The molecular formula is C11H12FN3O. The van der Waals surface area contributed by atoms with E-state index in [4.69, 9.17) is 0 Å². The topological polar surface area (TPSA) is 57.8 Å². The molecule has 1 heterocycles. The zero-order valence-corrected chi connectivity index (χ0v) is 8.88. The number of nitrogens with zero attached hydrogens (tertiary/aromatic N) is 1. The Hall–Kier alpha value is -1.91. The van der Waals surface area contributed by atoms with Crippen LogP contribution in [-0.2, 0) is 0 Å².